The quantitative estimate of drug-likeness (QED) is 0.390. The van der Waals surface area contributed by atoms with Gasteiger partial charge in [0.2, 0.25) is 0 Å². The molecule has 0 atom stereocenters. The fraction of sp³-hybridized carbons (Fsp3) is 0.214. The Morgan fingerprint density at radius 2 is 1.63 bits per heavy atom. The number of pyridine rings is 1. The van der Waals surface area contributed by atoms with E-state index in [1.165, 1.54) is 5.56 Å². The molecule has 178 valence electrons. The summed E-state index contributed by atoms with van der Waals surface area (Å²) in [5, 5.41) is 0.781. The standard InChI is InChI=1S/C28H26N2O4S/c1-34-28(17-21-7-3-2-4-8-21)19-30(20-28)27(31)24-14-12-22(13-15-24)18-35(32,33)25-11-5-9-23-10-6-16-29-26(23)25/h2-16H,17-20H2,1H3. The lowest BCUT2D eigenvalue weighted by atomic mass is 9.86. The van der Waals surface area contributed by atoms with Gasteiger partial charge < -0.3 is 9.64 Å². The van der Waals surface area contributed by atoms with Crippen molar-refractivity contribution in [3.05, 3.63) is 108 Å². The number of amides is 1. The van der Waals surface area contributed by atoms with Crippen molar-refractivity contribution in [1.29, 1.82) is 0 Å². The maximum atomic E-state index is 13.1. The van der Waals surface area contributed by atoms with E-state index in [1.807, 2.05) is 30.3 Å². The minimum Gasteiger partial charge on any atom is -0.374 e. The minimum atomic E-state index is -3.61. The van der Waals surface area contributed by atoms with Crippen molar-refractivity contribution in [3.63, 3.8) is 0 Å². The largest absolute Gasteiger partial charge is 0.374 e. The maximum Gasteiger partial charge on any atom is 0.254 e. The molecule has 0 N–H and O–H groups in total. The Morgan fingerprint density at radius 3 is 2.34 bits per heavy atom. The molecule has 5 rings (SSSR count). The summed E-state index contributed by atoms with van der Waals surface area (Å²) in [5.41, 5.74) is 2.42. The highest BCUT2D eigenvalue weighted by Gasteiger charge is 2.45. The summed E-state index contributed by atoms with van der Waals surface area (Å²) in [4.78, 5) is 19.2. The fourth-order valence-electron chi connectivity index (χ4n) is 4.62. The number of rotatable bonds is 7. The van der Waals surface area contributed by atoms with Crippen LogP contribution >= 0.6 is 0 Å². The molecule has 2 heterocycles. The van der Waals surface area contributed by atoms with Crippen molar-refractivity contribution in [2.24, 2.45) is 0 Å². The van der Waals surface area contributed by atoms with Crippen LogP contribution in [0.3, 0.4) is 0 Å². The van der Waals surface area contributed by atoms with Gasteiger partial charge in [-0.25, -0.2) is 8.42 Å². The molecule has 1 aliphatic rings. The van der Waals surface area contributed by atoms with E-state index >= 15 is 0 Å². The van der Waals surface area contributed by atoms with Gasteiger partial charge in [0.05, 0.1) is 29.3 Å². The molecule has 0 aliphatic carbocycles. The Labute approximate surface area is 205 Å². The second-order valence-corrected chi connectivity index (χ2v) is 11.0. The van der Waals surface area contributed by atoms with Gasteiger partial charge in [-0.3, -0.25) is 9.78 Å². The number of carbonyl (C=O) groups is 1. The van der Waals surface area contributed by atoms with Gasteiger partial charge in [0.1, 0.15) is 5.60 Å². The van der Waals surface area contributed by atoms with Crippen molar-refractivity contribution in [2.75, 3.05) is 20.2 Å². The Morgan fingerprint density at radius 1 is 0.914 bits per heavy atom. The summed E-state index contributed by atoms with van der Waals surface area (Å²) in [6, 6.07) is 25.7. The molecule has 0 bridgehead atoms. The number of aromatic nitrogens is 1. The first-order valence-electron chi connectivity index (χ1n) is 11.4. The second-order valence-electron chi connectivity index (χ2n) is 9.00. The average Bonchev–Trinajstić information content (AvgIpc) is 2.86. The highest BCUT2D eigenvalue weighted by molar-refractivity contribution is 7.90. The lowest BCUT2D eigenvalue weighted by Crippen LogP contribution is -2.65. The molecule has 4 aromatic rings. The number of ether oxygens (including phenoxy) is 1. The van der Waals surface area contributed by atoms with Crippen LogP contribution in [0.4, 0.5) is 0 Å². The van der Waals surface area contributed by atoms with E-state index in [9.17, 15) is 13.2 Å². The van der Waals surface area contributed by atoms with Crippen LogP contribution in [-0.4, -0.2) is 50.0 Å². The van der Waals surface area contributed by atoms with E-state index in [2.05, 4.69) is 17.1 Å². The zero-order valence-corrected chi connectivity index (χ0v) is 20.2. The van der Waals surface area contributed by atoms with Crippen molar-refractivity contribution >= 4 is 26.6 Å². The molecular weight excluding hydrogens is 460 g/mol. The van der Waals surface area contributed by atoms with Gasteiger partial charge in [0.15, 0.2) is 9.84 Å². The van der Waals surface area contributed by atoms with Gasteiger partial charge in [0.25, 0.3) is 5.91 Å². The van der Waals surface area contributed by atoms with Crippen LogP contribution in [0.1, 0.15) is 21.5 Å². The van der Waals surface area contributed by atoms with E-state index in [4.69, 9.17) is 4.74 Å². The first-order chi connectivity index (χ1) is 16.9. The Hall–Kier alpha value is -3.55. The highest BCUT2D eigenvalue weighted by Crippen LogP contribution is 2.30. The molecule has 0 saturated carbocycles. The van der Waals surface area contributed by atoms with Crippen molar-refractivity contribution < 1.29 is 17.9 Å². The summed E-state index contributed by atoms with van der Waals surface area (Å²) < 4.78 is 32.0. The van der Waals surface area contributed by atoms with Gasteiger partial charge in [0, 0.05) is 30.7 Å². The minimum absolute atomic E-state index is 0.0848. The zero-order chi connectivity index (χ0) is 24.5. The molecule has 0 radical (unpaired) electrons. The topological polar surface area (TPSA) is 76.6 Å². The first kappa shape index (κ1) is 23.2. The zero-order valence-electron chi connectivity index (χ0n) is 19.4. The summed E-state index contributed by atoms with van der Waals surface area (Å²) in [7, 11) is -1.92. The normalized spacial score (nSPS) is 15.1. The van der Waals surface area contributed by atoms with E-state index in [0.29, 0.717) is 29.7 Å². The summed E-state index contributed by atoms with van der Waals surface area (Å²) in [6.45, 7) is 1.03. The molecule has 1 saturated heterocycles. The van der Waals surface area contributed by atoms with E-state index < -0.39 is 9.84 Å². The molecule has 3 aromatic carbocycles. The number of nitrogens with zero attached hydrogens (tertiary/aromatic N) is 2. The van der Waals surface area contributed by atoms with Crippen LogP contribution in [-0.2, 0) is 26.7 Å². The lowest BCUT2D eigenvalue weighted by Gasteiger charge is -2.49. The van der Waals surface area contributed by atoms with Gasteiger partial charge in [-0.2, -0.15) is 0 Å². The van der Waals surface area contributed by atoms with E-state index in [1.54, 1.807) is 60.7 Å². The Balaban J connectivity index is 1.26. The van der Waals surface area contributed by atoms with Gasteiger partial charge >= 0.3 is 0 Å². The molecule has 35 heavy (non-hydrogen) atoms. The summed E-state index contributed by atoms with van der Waals surface area (Å²) in [5.74, 6) is -0.247. The molecule has 0 unspecified atom stereocenters. The highest BCUT2D eigenvalue weighted by atomic mass is 32.2. The maximum absolute atomic E-state index is 13.1. The number of hydrogen-bond donors (Lipinski definition) is 0. The molecule has 7 heteroatoms. The van der Waals surface area contributed by atoms with Crippen LogP contribution in [0.25, 0.3) is 10.9 Å². The van der Waals surface area contributed by atoms with Crippen LogP contribution in [0.2, 0.25) is 0 Å². The first-order valence-corrected chi connectivity index (χ1v) is 13.1. The Bertz CT molecular complexity index is 1460. The smallest absolute Gasteiger partial charge is 0.254 e. The molecule has 0 spiro atoms. The predicted molar refractivity (Wildman–Crippen MR) is 135 cm³/mol. The number of likely N-dealkylation sites (tertiary alicyclic amines) is 1. The second kappa shape index (κ2) is 9.24. The number of hydrogen-bond acceptors (Lipinski definition) is 5. The third-order valence-electron chi connectivity index (χ3n) is 6.54. The predicted octanol–water partition coefficient (Wildman–Crippen LogP) is 4.29. The lowest BCUT2D eigenvalue weighted by molar-refractivity contribution is -0.107. The number of methoxy groups -OCH3 is 1. The third-order valence-corrected chi connectivity index (χ3v) is 8.25. The van der Waals surface area contributed by atoms with Crippen molar-refractivity contribution in [1.82, 2.24) is 9.88 Å². The van der Waals surface area contributed by atoms with Gasteiger partial charge in [-0.1, -0.05) is 60.7 Å². The van der Waals surface area contributed by atoms with Crippen LogP contribution in [0.5, 0.6) is 0 Å². The third kappa shape index (κ3) is 4.70. The van der Waals surface area contributed by atoms with Crippen LogP contribution in [0.15, 0.2) is 96.0 Å². The van der Waals surface area contributed by atoms with Crippen molar-refractivity contribution in [2.45, 2.75) is 22.7 Å². The average molecular weight is 487 g/mol. The SMILES string of the molecule is COC1(Cc2ccccc2)CN(C(=O)c2ccc(CS(=O)(=O)c3cccc4cccnc34)cc2)C1. The molecule has 1 aliphatic heterocycles. The fourth-order valence-corrected chi connectivity index (χ4v) is 6.16. The number of carbonyl (C=O) groups excluding carboxylic acids is 1. The number of sulfone groups is 1. The van der Waals surface area contributed by atoms with E-state index in [-0.39, 0.29) is 22.2 Å². The molecule has 6 nitrogen and oxygen atoms in total. The summed E-state index contributed by atoms with van der Waals surface area (Å²) >= 11 is 0. The number of para-hydroxylation sites is 1. The monoisotopic (exact) mass is 486 g/mol. The van der Waals surface area contributed by atoms with Crippen LogP contribution < -0.4 is 0 Å². The van der Waals surface area contributed by atoms with Crippen LogP contribution in [0, 0.1) is 0 Å². The summed E-state index contributed by atoms with van der Waals surface area (Å²) in [6.07, 6.45) is 2.34. The Kier molecular flexibility index (Phi) is 6.13. The number of benzene rings is 3. The molecule has 1 aromatic heterocycles. The molecule has 1 fully saturated rings. The van der Waals surface area contributed by atoms with E-state index in [0.717, 1.165) is 11.8 Å². The van der Waals surface area contributed by atoms with Crippen molar-refractivity contribution in [3.8, 4) is 0 Å². The molecular formula is C28H26N2O4S. The van der Waals surface area contributed by atoms with Gasteiger partial charge in [-0.05, 0) is 35.4 Å². The molecule has 1 amide bonds. The van der Waals surface area contributed by atoms with Gasteiger partial charge in [-0.15, -0.1) is 0 Å². The number of fused-ring (bicyclic) bond motifs is 1.